The Balaban J connectivity index is 1.40. The Kier molecular flexibility index (Phi) is 15.6. The number of ether oxygens (including phenoxy) is 1. The molecule has 322 valence electrons. The van der Waals surface area contributed by atoms with Crippen molar-refractivity contribution in [3.63, 3.8) is 0 Å². The highest BCUT2D eigenvalue weighted by Crippen LogP contribution is 2.43. The molecule has 2 fully saturated rings. The second kappa shape index (κ2) is 19.5. The van der Waals surface area contributed by atoms with E-state index >= 15 is 0 Å². The minimum atomic E-state index is -2.84. The monoisotopic (exact) mass is 841 g/mol. The molecule has 2 saturated carbocycles. The van der Waals surface area contributed by atoms with Crippen LogP contribution in [0.4, 0.5) is 0 Å². The first-order chi connectivity index (χ1) is 27.6. The van der Waals surface area contributed by atoms with Crippen LogP contribution in [0.3, 0.4) is 0 Å². The minimum absolute atomic E-state index is 0.0561. The first-order valence-corrected chi connectivity index (χ1v) is 25.1. The molecule has 0 bridgehead atoms. The second-order valence-corrected chi connectivity index (χ2v) is 23.4. The lowest BCUT2D eigenvalue weighted by Crippen LogP contribution is -2.29. The molecule has 5 atom stereocenters. The molecule has 2 aliphatic carbocycles. The molecule has 0 spiro atoms. The molecule has 3 aliphatic rings. The number of halogens is 1. The van der Waals surface area contributed by atoms with E-state index < -0.39 is 13.9 Å². The summed E-state index contributed by atoms with van der Waals surface area (Å²) in [7, 11) is 7.30. The minimum Gasteiger partial charge on any atom is -0.599 e. The number of esters is 1. The van der Waals surface area contributed by atoms with E-state index in [2.05, 4.69) is 114 Å². The van der Waals surface area contributed by atoms with Crippen molar-refractivity contribution < 1.29 is 17.1 Å². The number of fused-ring (bicyclic) bond motifs is 3. The highest BCUT2D eigenvalue weighted by molar-refractivity contribution is 7.00. The smallest absolute Gasteiger partial charge is 0.599 e. The van der Waals surface area contributed by atoms with E-state index in [0.29, 0.717) is 12.5 Å². The van der Waals surface area contributed by atoms with Gasteiger partial charge in [0.25, 0.3) is 0 Å². The summed E-state index contributed by atoms with van der Waals surface area (Å²) in [5.41, 5.74) is 6.06. The number of nitrogens with zero attached hydrogens (tertiary/aromatic N) is 2. The predicted molar refractivity (Wildman–Crippen MR) is 250 cm³/mol. The van der Waals surface area contributed by atoms with Crippen molar-refractivity contribution in [3.05, 3.63) is 83.0 Å². The second-order valence-electron chi connectivity index (χ2n) is 21.3. The van der Waals surface area contributed by atoms with E-state index in [9.17, 15) is 4.79 Å². The Morgan fingerprint density at radius 2 is 1.27 bits per heavy atom. The maximum atomic E-state index is 12.9. The third-order valence-electron chi connectivity index (χ3n) is 13.0. The van der Waals surface area contributed by atoms with Crippen LogP contribution in [0.15, 0.2) is 59.6 Å². The largest absolute Gasteiger partial charge is 0.999 e. The van der Waals surface area contributed by atoms with Crippen LogP contribution >= 0.6 is 10.0 Å². The quantitative estimate of drug-likeness (QED) is 0.0978. The molecule has 0 amide bonds. The van der Waals surface area contributed by atoms with Crippen LogP contribution in [0, 0.1) is 17.8 Å². The number of carbonyl (C=O) groups excluding carboxylic acids is 1. The zero-order valence-corrected chi connectivity index (χ0v) is 40.3. The van der Waals surface area contributed by atoms with Gasteiger partial charge in [0.2, 0.25) is 0 Å². The zero-order chi connectivity index (χ0) is 43.3. The van der Waals surface area contributed by atoms with Crippen molar-refractivity contribution in [1.82, 2.24) is 0 Å². The van der Waals surface area contributed by atoms with Gasteiger partial charge in [-0.1, -0.05) is 133 Å². The Morgan fingerprint density at radius 3 is 1.78 bits per heavy atom. The average Bonchev–Trinajstić information content (AvgIpc) is 3.59. The van der Waals surface area contributed by atoms with Crippen molar-refractivity contribution >= 4 is 42.3 Å². The van der Waals surface area contributed by atoms with Crippen molar-refractivity contribution in [1.29, 1.82) is 0 Å². The van der Waals surface area contributed by atoms with Gasteiger partial charge in [0.15, 0.2) is 0 Å². The van der Waals surface area contributed by atoms with Gasteiger partial charge in [0.05, 0.1) is 36.1 Å². The lowest BCUT2D eigenvalue weighted by Gasteiger charge is -2.32. The maximum absolute atomic E-state index is 12.9. The number of aliphatic imine (C=N–C) groups is 2. The first-order valence-electron chi connectivity index (χ1n) is 22.5. The number of unbranched alkanes of at least 4 members (excludes halogenated alkanes) is 3. The summed E-state index contributed by atoms with van der Waals surface area (Å²) in [4.78, 5) is 23.5. The number of rotatable bonds is 11. The molecule has 6 nitrogen and oxygen atoms in total. The summed E-state index contributed by atoms with van der Waals surface area (Å²) in [6, 6.07) is 9.32. The highest BCUT2D eigenvalue weighted by Gasteiger charge is 2.39. The number of benzene rings is 2. The molecular weight excluding hydrogens is 767 g/mol. The molecular formula is C51H74AlClN2O4. The summed E-state index contributed by atoms with van der Waals surface area (Å²) >= 11 is -2.84. The summed E-state index contributed by atoms with van der Waals surface area (Å²) < 4.78 is 19.5. The Bertz CT molecular complexity index is 1860. The molecule has 2 aromatic rings. The topological polar surface area (TPSA) is 69.5 Å². The summed E-state index contributed by atoms with van der Waals surface area (Å²) in [6.45, 7) is 33.2. The molecule has 0 radical (unpaired) electrons. The Labute approximate surface area is 367 Å². The molecule has 0 N–H and O–H groups in total. The molecule has 3 unspecified atom stereocenters. The van der Waals surface area contributed by atoms with Crippen molar-refractivity contribution in [2.75, 3.05) is 6.61 Å². The molecule has 8 heteroatoms. The number of allylic oxidation sites excluding steroid dienone is 2. The van der Waals surface area contributed by atoms with Crippen molar-refractivity contribution in [2.24, 2.45) is 27.7 Å². The third kappa shape index (κ3) is 12.2. The fourth-order valence-corrected chi connectivity index (χ4v) is 10.5. The molecule has 59 heavy (non-hydrogen) atoms. The normalized spacial score (nSPS) is 22.7. The molecule has 1 heterocycles. The van der Waals surface area contributed by atoms with Crippen molar-refractivity contribution in [3.8, 4) is 11.5 Å². The van der Waals surface area contributed by atoms with Crippen LogP contribution in [0.1, 0.15) is 180 Å². The van der Waals surface area contributed by atoms with Gasteiger partial charge in [0.1, 0.15) is 0 Å². The molecule has 0 saturated heterocycles. The summed E-state index contributed by atoms with van der Waals surface area (Å²) in [5, 5.41) is 0. The van der Waals surface area contributed by atoms with Gasteiger partial charge in [-0.3, -0.25) is 14.8 Å². The number of hydrogen-bond donors (Lipinski definition) is 0. The zero-order valence-electron chi connectivity index (χ0n) is 38.4. The van der Waals surface area contributed by atoms with Gasteiger partial charge in [-0.25, -0.2) is 0 Å². The van der Waals surface area contributed by atoms with Gasteiger partial charge in [0, 0.05) is 23.6 Å². The van der Waals surface area contributed by atoms with Gasteiger partial charge in [-0.2, -0.15) is 10.0 Å². The summed E-state index contributed by atoms with van der Waals surface area (Å²) in [6.07, 6.45) is 19.1. The molecule has 2 aromatic carbocycles. The van der Waals surface area contributed by atoms with E-state index in [0.717, 1.165) is 104 Å². The average molecular weight is 842 g/mol. The highest BCUT2D eigenvalue weighted by atomic mass is 35.6. The van der Waals surface area contributed by atoms with Crippen LogP contribution in [0.2, 0.25) is 0 Å². The standard InChI is InChI=1S/C51H76N2O4.Al.ClH/c1-14-34-26-35(15-2)40(27-34)47(56)57-25-21-17-16-20-24-51(12,13)39-29-37(46(55)42(31-39)50(9,10)11)33-53-44-23-19-18-22-43(44)52-32-36-28-38(48(3,4)5)30-41(45(36)54)49(6,7)8;;/h14-15,28-35,40,43-44,54-55H,1-2,16-27H2,3-13H3;;1H/q;+3;/p-3/t34?,35?,40?,43-,44-;;/m1../s1. The number of hydrogen-bond acceptors (Lipinski definition) is 6. The van der Waals surface area contributed by atoms with Crippen LogP contribution in [0.25, 0.3) is 0 Å². The lowest BCUT2D eigenvalue weighted by atomic mass is 9.75. The van der Waals surface area contributed by atoms with Crippen LogP contribution < -0.4 is 7.58 Å². The Hall–Kier alpha value is -2.85. The maximum Gasteiger partial charge on any atom is 0.999 e. The lowest BCUT2D eigenvalue weighted by molar-refractivity contribution is -0.149. The van der Waals surface area contributed by atoms with E-state index in [4.69, 9.17) is 32.3 Å². The Morgan fingerprint density at radius 1 is 0.746 bits per heavy atom. The van der Waals surface area contributed by atoms with Crippen LogP contribution in [0.5, 0.6) is 11.5 Å². The SMILES string of the molecule is C=CC1CC(C=C)C(C(=O)OCCCCCCC(C)(C)c2cc3c(c(C(C)(C)C)c2)[O][Al]([Cl])[O]c2c(cc(C(C)(C)C)cc2C(C)(C)C)C=N[C@@H]2CCCC[C@H]2N=C3)C1. The van der Waals surface area contributed by atoms with Gasteiger partial charge >= 0.3 is 19.9 Å². The van der Waals surface area contributed by atoms with Crippen molar-refractivity contribution in [2.45, 2.75) is 181 Å². The van der Waals surface area contributed by atoms with Gasteiger partial charge in [-0.05, 0) is 106 Å². The van der Waals surface area contributed by atoms with Gasteiger partial charge < -0.3 is 12.3 Å². The fraction of sp³-hybridized carbons (Fsp3) is 0.627. The van der Waals surface area contributed by atoms with E-state index in [1.54, 1.807) is 0 Å². The number of carbonyl (C=O) groups is 1. The van der Waals surface area contributed by atoms with E-state index in [-0.39, 0.29) is 51.5 Å². The van der Waals surface area contributed by atoms with E-state index in [1.807, 2.05) is 24.6 Å². The first kappa shape index (κ1) is 47.2. The van der Waals surface area contributed by atoms with Crippen LogP contribution in [-0.2, 0) is 31.2 Å². The molecule has 0 aromatic heterocycles. The molecule has 5 rings (SSSR count). The molecule has 1 aliphatic heterocycles. The predicted octanol–water partition coefficient (Wildman–Crippen LogP) is 13.2. The summed E-state index contributed by atoms with van der Waals surface area (Å²) in [5.74, 6) is 1.93. The van der Waals surface area contributed by atoms with Gasteiger partial charge in [-0.15, -0.1) is 13.2 Å². The third-order valence-corrected chi connectivity index (χ3v) is 14.3. The van der Waals surface area contributed by atoms with Crippen LogP contribution in [-0.4, -0.2) is 51.0 Å². The fourth-order valence-electron chi connectivity index (χ4n) is 8.98. The van der Waals surface area contributed by atoms with E-state index in [1.165, 1.54) is 11.1 Å².